The molecule has 0 radical (unpaired) electrons. The van der Waals surface area contributed by atoms with Gasteiger partial charge in [-0.3, -0.25) is 4.79 Å². The molecule has 6 nitrogen and oxygen atoms in total. The number of primary amides is 1. The monoisotopic (exact) mass is 326 g/mol. The fourth-order valence-electron chi connectivity index (χ4n) is 2.44. The van der Waals surface area contributed by atoms with Crippen molar-refractivity contribution in [2.45, 2.75) is 37.1 Å². The first-order valence-electron chi connectivity index (χ1n) is 7.36. The maximum absolute atomic E-state index is 12.7. The predicted octanol–water partition coefficient (Wildman–Crippen LogP) is 1.07. The number of carbonyl (C=O) groups is 1. The second-order valence-corrected chi connectivity index (χ2v) is 7.38. The van der Waals surface area contributed by atoms with E-state index < -0.39 is 22.0 Å². The summed E-state index contributed by atoms with van der Waals surface area (Å²) in [6.07, 6.45) is 0.985. The van der Waals surface area contributed by atoms with E-state index in [4.69, 9.17) is 10.5 Å². The standard InChI is InChI=1S/C15H22N2O4S/c1-3-11(2)12-4-6-13(7-5-12)22(19,20)17-8-9-21-10-14(17)15(16)18/h4-7,11,14H,3,8-10H2,1-2H3,(H2,16,18)/t11-,14-/m1/s1. The summed E-state index contributed by atoms with van der Waals surface area (Å²) in [6.45, 7) is 4.56. The molecule has 1 saturated heterocycles. The van der Waals surface area contributed by atoms with E-state index in [0.717, 1.165) is 16.3 Å². The number of carbonyl (C=O) groups excluding carboxylic acids is 1. The third-order valence-electron chi connectivity index (χ3n) is 4.08. The Morgan fingerprint density at radius 1 is 1.41 bits per heavy atom. The Hall–Kier alpha value is -1.44. The largest absolute Gasteiger partial charge is 0.378 e. The number of rotatable bonds is 5. The number of ether oxygens (including phenoxy) is 1. The molecule has 22 heavy (non-hydrogen) atoms. The van der Waals surface area contributed by atoms with E-state index in [2.05, 4.69) is 13.8 Å². The van der Waals surface area contributed by atoms with Gasteiger partial charge in [0.2, 0.25) is 15.9 Å². The minimum Gasteiger partial charge on any atom is -0.378 e. The lowest BCUT2D eigenvalue weighted by Gasteiger charge is -2.32. The van der Waals surface area contributed by atoms with Crippen LogP contribution < -0.4 is 5.73 Å². The van der Waals surface area contributed by atoms with Gasteiger partial charge in [-0.05, 0) is 30.0 Å². The van der Waals surface area contributed by atoms with Crippen LogP contribution in [0.1, 0.15) is 31.7 Å². The van der Waals surface area contributed by atoms with Gasteiger partial charge in [-0.1, -0.05) is 26.0 Å². The number of nitrogens with two attached hydrogens (primary N) is 1. The molecule has 1 aromatic carbocycles. The second kappa shape index (κ2) is 6.76. The number of hydrogen-bond acceptors (Lipinski definition) is 4. The molecule has 0 unspecified atom stereocenters. The van der Waals surface area contributed by atoms with Crippen molar-refractivity contribution in [3.8, 4) is 0 Å². The molecule has 1 aromatic rings. The van der Waals surface area contributed by atoms with E-state index >= 15 is 0 Å². The maximum Gasteiger partial charge on any atom is 0.243 e. The summed E-state index contributed by atoms with van der Waals surface area (Å²) in [7, 11) is -3.75. The van der Waals surface area contributed by atoms with Crippen LogP contribution in [0.15, 0.2) is 29.2 Å². The van der Waals surface area contributed by atoms with Crippen molar-refractivity contribution in [1.82, 2.24) is 4.31 Å². The summed E-state index contributed by atoms with van der Waals surface area (Å²) >= 11 is 0. The van der Waals surface area contributed by atoms with Crippen molar-refractivity contribution < 1.29 is 17.9 Å². The highest BCUT2D eigenvalue weighted by molar-refractivity contribution is 7.89. The van der Waals surface area contributed by atoms with Crippen molar-refractivity contribution in [1.29, 1.82) is 0 Å². The number of morpholine rings is 1. The number of benzene rings is 1. The van der Waals surface area contributed by atoms with Crippen LogP contribution in [-0.4, -0.2) is 44.4 Å². The van der Waals surface area contributed by atoms with E-state index in [1.807, 2.05) is 12.1 Å². The Balaban J connectivity index is 2.30. The SMILES string of the molecule is CC[C@@H](C)c1ccc(S(=O)(=O)N2CCOC[C@@H]2C(N)=O)cc1. The molecule has 2 N–H and O–H groups in total. The zero-order chi connectivity index (χ0) is 16.3. The van der Waals surface area contributed by atoms with Crippen molar-refractivity contribution in [3.05, 3.63) is 29.8 Å². The highest BCUT2D eigenvalue weighted by Crippen LogP contribution is 2.24. The average molecular weight is 326 g/mol. The average Bonchev–Trinajstić information content (AvgIpc) is 2.54. The van der Waals surface area contributed by atoms with Crippen LogP contribution in [-0.2, 0) is 19.6 Å². The summed E-state index contributed by atoms with van der Waals surface area (Å²) in [5.41, 5.74) is 6.38. The summed E-state index contributed by atoms with van der Waals surface area (Å²) in [5.74, 6) is -0.321. The van der Waals surface area contributed by atoms with Gasteiger partial charge in [-0.2, -0.15) is 4.31 Å². The molecule has 1 fully saturated rings. The van der Waals surface area contributed by atoms with Crippen molar-refractivity contribution in [2.75, 3.05) is 19.8 Å². The van der Waals surface area contributed by atoms with Gasteiger partial charge in [0.25, 0.3) is 0 Å². The molecule has 1 aliphatic heterocycles. The van der Waals surface area contributed by atoms with Crippen LogP contribution in [0.2, 0.25) is 0 Å². The Morgan fingerprint density at radius 3 is 2.59 bits per heavy atom. The van der Waals surface area contributed by atoms with Crippen LogP contribution >= 0.6 is 0 Å². The van der Waals surface area contributed by atoms with Gasteiger partial charge < -0.3 is 10.5 Å². The molecule has 7 heteroatoms. The van der Waals surface area contributed by atoms with E-state index in [-0.39, 0.29) is 24.7 Å². The van der Waals surface area contributed by atoms with Crippen LogP contribution in [0.4, 0.5) is 0 Å². The minimum atomic E-state index is -3.75. The predicted molar refractivity (Wildman–Crippen MR) is 82.8 cm³/mol. The van der Waals surface area contributed by atoms with Gasteiger partial charge in [0.1, 0.15) is 6.04 Å². The molecule has 0 spiro atoms. The summed E-state index contributed by atoms with van der Waals surface area (Å²) in [4.78, 5) is 11.6. The normalized spacial score (nSPS) is 21.5. The fraction of sp³-hybridized carbons (Fsp3) is 0.533. The van der Waals surface area contributed by atoms with Gasteiger partial charge >= 0.3 is 0 Å². The third-order valence-corrected chi connectivity index (χ3v) is 6.00. The fourth-order valence-corrected chi connectivity index (χ4v) is 4.01. The second-order valence-electron chi connectivity index (χ2n) is 5.49. The molecule has 1 aliphatic rings. The molecule has 0 saturated carbocycles. The van der Waals surface area contributed by atoms with Crippen LogP contribution in [0, 0.1) is 0 Å². The topological polar surface area (TPSA) is 89.7 Å². The van der Waals surface area contributed by atoms with Crippen LogP contribution in [0.5, 0.6) is 0 Å². The number of hydrogen-bond donors (Lipinski definition) is 1. The molecule has 122 valence electrons. The zero-order valence-corrected chi connectivity index (χ0v) is 13.7. The van der Waals surface area contributed by atoms with Crippen molar-refractivity contribution in [2.24, 2.45) is 5.73 Å². The van der Waals surface area contributed by atoms with Crippen LogP contribution in [0.3, 0.4) is 0 Å². The highest BCUT2D eigenvalue weighted by atomic mass is 32.2. The molecular formula is C15H22N2O4S. The summed E-state index contributed by atoms with van der Waals surface area (Å²) in [6, 6.07) is 5.86. The van der Waals surface area contributed by atoms with Crippen LogP contribution in [0.25, 0.3) is 0 Å². The summed E-state index contributed by atoms with van der Waals surface area (Å²) < 4.78 is 31.7. The van der Waals surface area contributed by atoms with E-state index in [1.165, 1.54) is 0 Å². The lowest BCUT2D eigenvalue weighted by atomic mass is 9.99. The Morgan fingerprint density at radius 2 is 2.05 bits per heavy atom. The third kappa shape index (κ3) is 3.31. The first-order chi connectivity index (χ1) is 10.4. The van der Waals surface area contributed by atoms with Gasteiger partial charge in [-0.25, -0.2) is 8.42 Å². The maximum atomic E-state index is 12.7. The first-order valence-corrected chi connectivity index (χ1v) is 8.80. The van der Waals surface area contributed by atoms with Gasteiger partial charge in [-0.15, -0.1) is 0 Å². The van der Waals surface area contributed by atoms with Gasteiger partial charge in [0.05, 0.1) is 18.1 Å². The lowest BCUT2D eigenvalue weighted by molar-refractivity contribution is -0.125. The molecule has 1 amide bonds. The molecule has 0 aromatic heterocycles. The molecule has 0 bridgehead atoms. The Bertz CT molecular complexity index is 627. The highest BCUT2D eigenvalue weighted by Gasteiger charge is 2.37. The molecule has 2 atom stereocenters. The summed E-state index contributed by atoms with van der Waals surface area (Å²) in [5, 5.41) is 0. The van der Waals surface area contributed by atoms with E-state index in [0.29, 0.717) is 5.92 Å². The Kier molecular flexibility index (Phi) is 5.20. The molecule has 2 rings (SSSR count). The zero-order valence-electron chi connectivity index (χ0n) is 12.9. The van der Waals surface area contributed by atoms with Crippen molar-refractivity contribution >= 4 is 15.9 Å². The first kappa shape index (κ1) is 16.9. The number of sulfonamides is 1. The Labute approximate surface area is 131 Å². The minimum absolute atomic E-state index is 0.000480. The van der Waals surface area contributed by atoms with Gasteiger partial charge in [0.15, 0.2) is 0 Å². The number of nitrogens with zero attached hydrogens (tertiary/aromatic N) is 1. The smallest absolute Gasteiger partial charge is 0.243 e. The lowest BCUT2D eigenvalue weighted by Crippen LogP contribution is -2.54. The van der Waals surface area contributed by atoms with E-state index in [1.54, 1.807) is 12.1 Å². The molecular weight excluding hydrogens is 304 g/mol. The quantitative estimate of drug-likeness (QED) is 0.876. The van der Waals surface area contributed by atoms with Gasteiger partial charge in [0, 0.05) is 6.54 Å². The van der Waals surface area contributed by atoms with Crippen molar-refractivity contribution in [3.63, 3.8) is 0 Å². The van der Waals surface area contributed by atoms with E-state index in [9.17, 15) is 13.2 Å². The number of amides is 1. The molecule has 0 aliphatic carbocycles. The molecule has 1 heterocycles.